The molecule has 0 saturated heterocycles. The number of ether oxygens (including phenoxy) is 1. The molecule has 0 bridgehead atoms. The summed E-state index contributed by atoms with van der Waals surface area (Å²) in [5.74, 6) is 1.33. The average Bonchev–Trinajstić information content (AvgIpc) is 3.10. The van der Waals surface area contributed by atoms with E-state index in [1.54, 1.807) is 13.3 Å². The van der Waals surface area contributed by atoms with E-state index in [0.717, 1.165) is 49.1 Å². The van der Waals surface area contributed by atoms with Gasteiger partial charge in [0.2, 0.25) is 5.91 Å². The number of carbonyl (C=O) groups is 1. The first-order valence-corrected chi connectivity index (χ1v) is 10.6. The summed E-state index contributed by atoms with van der Waals surface area (Å²) in [6.07, 6.45) is 6.78. The molecule has 0 spiro atoms. The normalized spacial score (nSPS) is 22.4. The summed E-state index contributed by atoms with van der Waals surface area (Å²) in [6.45, 7) is 8.62. The Bertz CT molecular complexity index is 801. The van der Waals surface area contributed by atoms with E-state index in [1.165, 1.54) is 0 Å². The van der Waals surface area contributed by atoms with Crippen LogP contribution in [0.2, 0.25) is 0 Å². The second kappa shape index (κ2) is 9.03. The molecule has 2 heterocycles. The van der Waals surface area contributed by atoms with E-state index in [4.69, 9.17) is 9.72 Å². The molecule has 1 amide bonds. The van der Waals surface area contributed by atoms with Gasteiger partial charge in [-0.15, -0.1) is 0 Å². The SMILES string of the molecule is CC[C@@H](C)[C@@H](NC(=O)[C@@H]1CCC[C@H](OC)C1)c1nc2cccnc2n1C(C)C. The van der Waals surface area contributed by atoms with Crippen molar-refractivity contribution >= 4 is 17.1 Å². The molecule has 0 aromatic carbocycles. The molecule has 1 saturated carbocycles. The fraction of sp³-hybridized carbons (Fsp3) is 0.682. The van der Waals surface area contributed by atoms with Crippen molar-refractivity contribution in [3.63, 3.8) is 0 Å². The Kier molecular flexibility index (Phi) is 6.70. The van der Waals surface area contributed by atoms with E-state index < -0.39 is 0 Å². The van der Waals surface area contributed by atoms with Gasteiger partial charge in [-0.05, 0) is 51.2 Å². The maximum Gasteiger partial charge on any atom is 0.223 e. The van der Waals surface area contributed by atoms with Crippen LogP contribution in [-0.2, 0) is 9.53 Å². The van der Waals surface area contributed by atoms with E-state index in [1.807, 2.05) is 12.1 Å². The standard InChI is InChI=1S/C22H34N4O2/c1-6-15(4)19(25-22(27)16-9-7-10-17(13-16)28-5)21-24-18-11-8-12-23-20(18)26(21)14(2)3/h8,11-12,14-17,19H,6-7,9-10,13H2,1-5H3,(H,25,27)/t15-,16-,17+,19-/m1/s1. The predicted octanol–water partition coefficient (Wildman–Crippen LogP) is 4.42. The summed E-state index contributed by atoms with van der Waals surface area (Å²) >= 11 is 0. The molecular formula is C22H34N4O2. The van der Waals surface area contributed by atoms with E-state index >= 15 is 0 Å². The lowest BCUT2D eigenvalue weighted by molar-refractivity contribution is -0.128. The van der Waals surface area contributed by atoms with Crippen LogP contribution in [0.5, 0.6) is 0 Å². The Balaban J connectivity index is 1.92. The quantitative estimate of drug-likeness (QED) is 0.765. The Morgan fingerprint density at radius 2 is 2.14 bits per heavy atom. The number of nitrogens with one attached hydrogen (secondary N) is 1. The zero-order valence-corrected chi connectivity index (χ0v) is 17.8. The molecule has 2 aromatic rings. The largest absolute Gasteiger partial charge is 0.381 e. The number of aromatic nitrogens is 3. The number of hydrogen-bond donors (Lipinski definition) is 1. The van der Waals surface area contributed by atoms with Crippen molar-refractivity contribution in [2.45, 2.75) is 78.0 Å². The van der Waals surface area contributed by atoms with Crippen LogP contribution in [0, 0.1) is 11.8 Å². The van der Waals surface area contributed by atoms with Gasteiger partial charge < -0.3 is 14.6 Å². The molecule has 0 unspecified atom stereocenters. The van der Waals surface area contributed by atoms with Crippen LogP contribution in [0.1, 0.15) is 77.7 Å². The molecule has 6 heteroatoms. The Morgan fingerprint density at radius 1 is 1.36 bits per heavy atom. The summed E-state index contributed by atoms with van der Waals surface area (Å²) in [6, 6.07) is 3.99. The number of rotatable bonds is 7. The van der Waals surface area contributed by atoms with Crippen LogP contribution < -0.4 is 5.32 Å². The molecular weight excluding hydrogens is 352 g/mol. The molecule has 2 aromatic heterocycles. The second-order valence-electron chi connectivity index (χ2n) is 8.37. The van der Waals surface area contributed by atoms with Gasteiger partial charge in [0.1, 0.15) is 11.3 Å². The monoisotopic (exact) mass is 386 g/mol. The molecule has 1 aliphatic rings. The molecule has 3 rings (SSSR count). The highest BCUT2D eigenvalue weighted by molar-refractivity contribution is 5.79. The zero-order chi connectivity index (χ0) is 20.3. The molecule has 4 atom stereocenters. The number of amides is 1. The van der Waals surface area contributed by atoms with Gasteiger partial charge in [-0.25, -0.2) is 9.97 Å². The lowest BCUT2D eigenvalue weighted by Gasteiger charge is -2.31. The van der Waals surface area contributed by atoms with Crippen LogP contribution in [0.25, 0.3) is 11.2 Å². The average molecular weight is 387 g/mol. The number of fused-ring (bicyclic) bond motifs is 1. The number of imidazole rings is 1. The third kappa shape index (κ3) is 4.22. The van der Waals surface area contributed by atoms with Gasteiger partial charge in [0.25, 0.3) is 0 Å². The summed E-state index contributed by atoms with van der Waals surface area (Å²) < 4.78 is 7.69. The molecule has 1 N–H and O–H groups in total. The van der Waals surface area contributed by atoms with Gasteiger partial charge >= 0.3 is 0 Å². The van der Waals surface area contributed by atoms with Crippen LogP contribution in [0.3, 0.4) is 0 Å². The lowest BCUT2D eigenvalue weighted by atomic mass is 9.86. The fourth-order valence-corrected chi connectivity index (χ4v) is 4.24. The Hall–Kier alpha value is -1.95. The summed E-state index contributed by atoms with van der Waals surface area (Å²) in [4.78, 5) is 22.6. The number of hydrogen-bond acceptors (Lipinski definition) is 4. The first-order chi connectivity index (χ1) is 13.5. The highest BCUT2D eigenvalue weighted by Crippen LogP contribution is 2.31. The van der Waals surface area contributed by atoms with E-state index in [9.17, 15) is 4.79 Å². The van der Waals surface area contributed by atoms with E-state index in [2.05, 4.69) is 42.6 Å². The number of methoxy groups -OCH3 is 1. The van der Waals surface area contributed by atoms with Gasteiger partial charge in [-0.2, -0.15) is 0 Å². The molecule has 0 radical (unpaired) electrons. The molecule has 1 aliphatic carbocycles. The smallest absolute Gasteiger partial charge is 0.223 e. The number of nitrogens with zero attached hydrogens (tertiary/aromatic N) is 3. The first kappa shape index (κ1) is 20.8. The van der Waals surface area contributed by atoms with Crippen molar-refractivity contribution in [1.29, 1.82) is 0 Å². The number of carbonyl (C=O) groups excluding carboxylic acids is 1. The van der Waals surface area contributed by atoms with E-state index in [-0.39, 0.29) is 35.9 Å². The molecule has 6 nitrogen and oxygen atoms in total. The van der Waals surface area contributed by atoms with Gasteiger partial charge in [0.15, 0.2) is 5.65 Å². The zero-order valence-electron chi connectivity index (χ0n) is 17.8. The maximum atomic E-state index is 13.1. The minimum atomic E-state index is -0.128. The Labute approximate surface area is 168 Å². The van der Waals surface area contributed by atoms with Crippen LogP contribution in [0.4, 0.5) is 0 Å². The van der Waals surface area contributed by atoms with Crippen molar-refractivity contribution < 1.29 is 9.53 Å². The minimum Gasteiger partial charge on any atom is -0.381 e. The van der Waals surface area contributed by atoms with Crippen molar-refractivity contribution in [3.8, 4) is 0 Å². The van der Waals surface area contributed by atoms with Crippen molar-refractivity contribution in [2.24, 2.45) is 11.8 Å². The van der Waals surface area contributed by atoms with Crippen molar-refractivity contribution in [3.05, 3.63) is 24.2 Å². The van der Waals surface area contributed by atoms with Gasteiger partial charge in [0, 0.05) is 25.3 Å². The van der Waals surface area contributed by atoms with Crippen LogP contribution in [-0.4, -0.2) is 33.7 Å². The third-order valence-corrected chi connectivity index (χ3v) is 6.11. The maximum absolute atomic E-state index is 13.1. The molecule has 154 valence electrons. The molecule has 1 fully saturated rings. The Morgan fingerprint density at radius 3 is 2.82 bits per heavy atom. The van der Waals surface area contributed by atoms with E-state index in [0.29, 0.717) is 0 Å². The van der Waals surface area contributed by atoms with Gasteiger partial charge in [-0.3, -0.25) is 4.79 Å². The summed E-state index contributed by atoms with van der Waals surface area (Å²) in [7, 11) is 1.74. The first-order valence-electron chi connectivity index (χ1n) is 10.6. The fourth-order valence-electron chi connectivity index (χ4n) is 4.24. The van der Waals surface area contributed by atoms with Crippen LogP contribution in [0.15, 0.2) is 18.3 Å². The van der Waals surface area contributed by atoms with Gasteiger partial charge in [-0.1, -0.05) is 26.7 Å². The molecule has 28 heavy (non-hydrogen) atoms. The number of pyridine rings is 1. The highest BCUT2D eigenvalue weighted by Gasteiger charge is 2.32. The predicted molar refractivity (Wildman–Crippen MR) is 111 cm³/mol. The summed E-state index contributed by atoms with van der Waals surface area (Å²) in [5.41, 5.74) is 1.76. The molecule has 0 aliphatic heterocycles. The van der Waals surface area contributed by atoms with Crippen LogP contribution >= 0.6 is 0 Å². The lowest BCUT2D eigenvalue weighted by Crippen LogP contribution is -2.40. The third-order valence-electron chi connectivity index (χ3n) is 6.11. The second-order valence-corrected chi connectivity index (χ2v) is 8.37. The van der Waals surface area contributed by atoms with Gasteiger partial charge in [0.05, 0.1) is 12.1 Å². The topological polar surface area (TPSA) is 69.0 Å². The minimum absolute atomic E-state index is 0.0141. The summed E-state index contributed by atoms with van der Waals surface area (Å²) in [5, 5.41) is 3.35. The van der Waals surface area contributed by atoms with Crippen molar-refractivity contribution in [1.82, 2.24) is 19.9 Å². The highest BCUT2D eigenvalue weighted by atomic mass is 16.5. The van der Waals surface area contributed by atoms with Crippen molar-refractivity contribution in [2.75, 3.05) is 7.11 Å².